The van der Waals surface area contributed by atoms with Crippen LogP contribution in [0.2, 0.25) is 0 Å². The van der Waals surface area contributed by atoms with Gasteiger partial charge in [-0.2, -0.15) is 0 Å². The van der Waals surface area contributed by atoms with Crippen molar-refractivity contribution in [3.05, 3.63) is 29.8 Å². The molecule has 1 amide bonds. The van der Waals surface area contributed by atoms with E-state index in [9.17, 15) is 4.79 Å². The number of hydrogen-bond acceptors (Lipinski definition) is 3. The molecule has 2 saturated heterocycles. The van der Waals surface area contributed by atoms with Crippen molar-refractivity contribution in [2.45, 2.75) is 25.8 Å². The molecule has 108 valence electrons. The molecular formula is C16H23N3O. The fraction of sp³-hybridized carbons (Fsp3) is 0.562. The Labute approximate surface area is 120 Å². The van der Waals surface area contributed by atoms with Crippen molar-refractivity contribution < 1.29 is 4.79 Å². The minimum Gasteiger partial charge on any atom is -0.325 e. The van der Waals surface area contributed by atoms with E-state index in [1.54, 1.807) is 0 Å². The van der Waals surface area contributed by atoms with Crippen molar-refractivity contribution in [1.82, 2.24) is 9.80 Å². The minimum atomic E-state index is 0.0975. The molecule has 1 N–H and O–H groups in total. The maximum absolute atomic E-state index is 12.1. The molecule has 2 heterocycles. The van der Waals surface area contributed by atoms with E-state index in [2.05, 4.69) is 15.1 Å². The third-order valence-electron chi connectivity index (χ3n) is 4.37. The van der Waals surface area contributed by atoms with E-state index in [0.29, 0.717) is 12.6 Å². The number of benzene rings is 1. The Morgan fingerprint density at radius 1 is 1.25 bits per heavy atom. The molecule has 1 aromatic carbocycles. The van der Waals surface area contributed by atoms with Gasteiger partial charge in [-0.15, -0.1) is 0 Å². The number of hydrogen-bond donors (Lipinski definition) is 1. The van der Waals surface area contributed by atoms with Crippen LogP contribution in [-0.2, 0) is 4.79 Å². The lowest BCUT2D eigenvalue weighted by Crippen LogP contribution is -2.51. The second-order valence-electron chi connectivity index (χ2n) is 5.98. The van der Waals surface area contributed by atoms with Gasteiger partial charge in [-0.1, -0.05) is 17.7 Å². The van der Waals surface area contributed by atoms with Gasteiger partial charge in [0.05, 0.1) is 6.54 Å². The highest BCUT2D eigenvalue weighted by molar-refractivity contribution is 5.92. The number of anilines is 1. The third kappa shape index (κ3) is 3.19. The molecule has 1 aromatic rings. The van der Waals surface area contributed by atoms with Gasteiger partial charge in [0.15, 0.2) is 0 Å². The molecule has 4 heteroatoms. The van der Waals surface area contributed by atoms with Crippen molar-refractivity contribution >= 4 is 11.6 Å². The Morgan fingerprint density at radius 3 is 2.85 bits per heavy atom. The van der Waals surface area contributed by atoms with Crippen LogP contribution in [0.1, 0.15) is 18.4 Å². The number of nitrogens with zero attached hydrogens (tertiary/aromatic N) is 2. The van der Waals surface area contributed by atoms with Gasteiger partial charge in [0.25, 0.3) is 0 Å². The first kappa shape index (κ1) is 13.6. The number of carbonyl (C=O) groups excluding carboxylic acids is 1. The highest BCUT2D eigenvalue weighted by atomic mass is 16.2. The first-order valence-electron chi connectivity index (χ1n) is 7.53. The Bertz CT molecular complexity index is 471. The molecule has 0 saturated carbocycles. The second-order valence-corrected chi connectivity index (χ2v) is 5.98. The Kier molecular flexibility index (Phi) is 4.03. The predicted molar refractivity (Wildman–Crippen MR) is 80.8 cm³/mol. The molecule has 0 spiro atoms. The number of nitrogens with one attached hydrogen (secondary N) is 1. The summed E-state index contributed by atoms with van der Waals surface area (Å²) in [6.07, 6.45) is 2.60. The number of piperazine rings is 1. The molecular weight excluding hydrogens is 250 g/mol. The van der Waals surface area contributed by atoms with Crippen molar-refractivity contribution in [3.8, 4) is 0 Å². The van der Waals surface area contributed by atoms with Gasteiger partial charge in [-0.25, -0.2) is 0 Å². The number of carbonyl (C=O) groups is 1. The molecule has 2 fully saturated rings. The summed E-state index contributed by atoms with van der Waals surface area (Å²) in [5.41, 5.74) is 2.10. The molecule has 4 nitrogen and oxygen atoms in total. The lowest BCUT2D eigenvalue weighted by atomic mass is 10.1. The van der Waals surface area contributed by atoms with E-state index in [0.717, 1.165) is 25.3 Å². The summed E-state index contributed by atoms with van der Waals surface area (Å²) < 4.78 is 0. The van der Waals surface area contributed by atoms with E-state index in [-0.39, 0.29) is 5.91 Å². The normalized spacial score (nSPS) is 23.6. The molecule has 1 atom stereocenters. The SMILES string of the molecule is Cc1ccc(NC(=O)CN2CCN3CCCC3C2)cc1. The fourth-order valence-electron chi connectivity index (χ4n) is 3.24. The van der Waals surface area contributed by atoms with Crippen LogP contribution in [0.5, 0.6) is 0 Å². The zero-order valence-electron chi connectivity index (χ0n) is 12.1. The molecule has 20 heavy (non-hydrogen) atoms. The van der Waals surface area contributed by atoms with E-state index in [1.807, 2.05) is 31.2 Å². The van der Waals surface area contributed by atoms with Crippen LogP contribution >= 0.6 is 0 Å². The summed E-state index contributed by atoms with van der Waals surface area (Å²) in [7, 11) is 0. The summed E-state index contributed by atoms with van der Waals surface area (Å²) in [5.74, 6) is 0.0975. The van der Waals surface area contributed by atoms with Crippen molar-refractivity contribution in [3.63, 3.8) is 0 Å². The maximum Gasteiger partial charge on any atom is 0.238 e. The molecule has 2 aliphatic heterocycles. The zero-order chi connectivity index (χ0) is 13.9. The van der Waals surface area contributed by atoms with Crippen molar-refractivity contribution in [1.29, 1.82) is 0 Å². The molecule has 0 bridgehead atoms. The fourth-order valence-corrected chi connectivity index (χ4v) is 3.24. The minimum absolute atomic E-state index is 0.0975. The van der Waals surface area contributed by atoms with Gasteiger partial charge < -0.3 is 5.32 Å². The van der Waals surface area contributed by atoms with Crippen LogP contribution in [0.4, 0.5) is 5.69 Å². The van der Waals surface area contributed by atoms with E-state index >= 15 is 0 Å². The van der Waals surface area contributed by atoms with Gasteiger partial charge >= 0.3 is 0 Å². The molecule has 0 aliphatic carbocycles. The highest BCUT2D eigenvalue weighted by Crippen LogP contribution is 2.21. The quantitative estimate of drug-likeness (QED) is 0.911. The van der Waals surface area contributed by atoms with Crippen LogP contribution in [-0.4, -0.2) is 54.5 Å². The smallest absolute Gasteiger partial charge is 0.238 e. The van der Waals surface area contributed by atoms with Crippen LogP contribution in [0.15, 0.2) is 24.3 Å². The first-order chi connectivity index (χ1) is 9.70. The summed E-state index contributed by atoms with van der Waals surface area (Å²) in [4.78, 5) is 16.9. The highest BCUT2D eigenvalue weighted by Gasteiger charge is 2.30. The largest absolute Gasteiger partial charge is 0.325 e. The third-order valence-corrected chi connectivity index (χ3v) is 4.37. The van der Waals surface area contributed by atoms with Gasteiger partial charge in [-0.3, -0.25) is 14.6 Å². The molecule has 0 radical (unpaired) electrons. The van der Waals surface area contributed by atoms with Crippen LogP contribution in [0, 0.1) is 6.92 Å². The number of fused-ring (bicyclic) bond motifs is 1. The summed E-state index contributed by atoms with van der Waals surface area (Å²) in [6.45, 7) is 6.97. The van der Waals surface area contributed by atoms with E-state index < -0.39 is 0 Å². The zero-order valence-corrected chi connectivity index (χ0v) is 12.1. The van der Waals surface area contributed by atoms with Crippen LogP contribution < -0.4 is 5.32 Å². The lowest BCUT2D eigenvalue weighted by Gasteiger charge is -2.37. The van der Waals surface area contributed by atoms with E-state index in [4.69, 9.17) is 0 Å². The van der Waals surface area contributed by atoms with Crippen molar-refractivity contribution in [2.24, 2.45) is 0 Å². The molecule has 1 unspecified atom stereocenters. The summed E-state index contributed by atoms with van der Waals surface area (Å²) in [6, 6.07) is 8.64. The number of aryl methyl sites for hydroxylation is 1. The van der Waals surface area contributed by atoms with Crippen LogP contribution in [0.25, 0.3) is 0 Å². The topological polar surface area (TPSA) is 35.6 Å². The molecule has 2 aliphatic rings. The lowest BCUT2D eigenvalue weighted by molar-refractivity contribution is -0.117. The van der Waals surface area contributed by atoms with Gasteiger partial charge in [0.1, 0.15) is 0 Å². The Morgan fingerprint density at radius 2 is 2.05 bits per heavy atom. The van der Waals surface area contributed by atoms with Crippen molar-refractivity contribution in [2.75, 3.05) is 38.0 Å². The van der Waals surface area contributed by atoms with Gasteiger partial charge in [-0.05, 0) is 38.4 Å². The average molecular weight is 273 g/mol. The van der Waals surface area contributed by atoms with E-state index in [1.165, 1.54) is 24.9 Å². The monoisotopic (exact) mass is 273 g/mol. The first-order valence-corrected chi connectivity index (χ1v) is 7.53. The standard InChI is InChI=1S/C16H23N3O/c1-13-4-6-14(7-5-13)17-16(20)12-18-9-10-19-8-2-3-15(19)11-18/h4-7,15H,2-3,8-12H2,1H3,(H,17,20). The maximum atomic E-state index is 12.1. The Hall–Kier alpha value is -1.39. The number of rotatable bonds is 3. The molecule has 3 rings (SSSR count). The Balaban J connectivity index is 1.50. The predicted octanol–water partition coefficient (Wildman–Crippen LogP) is 1.71. The average Bonchev–Trinajstić information content (AvgIpc) is 2.89. The molecule has 0 aromatic heterocycles. The summed E-state index contributed by atoms with van der Waals surface area (Å²) in [5, 5.41) is 2.98. The second kappa shape index (κ2) is 5.94. The van der Waals surface area contributed by atoms with Gasteiger partial charge in [0.2, 0.25) is 5.91 Å². The number of amides is 1. The summed E-state index contributed by atoms with van der Waals surface area (Å²) >= 11 is 0. The van der Waals surface area contributed by atoms with Crippen LogP contribution in [0.3, 0.4) is 0 Å². The van der Waals surface area contributed by atoms with Gasteiger partial charge in [0, 0.05) is 31.4 Å².